The van der Waals surface area contributed by atoms with Gasteiger partial charge in [0.2, 0.25) is 10.0 Å². The Morgan fingerprint density at radius 1 is 0.774 bits per heavy atom. The van der Waals surface area contributed by atoms with Gasteiger partial charge in [0, 0.05) is 17.9 Å². The first kappa shape index (κ1) is 22.3. The van der Waals surface area contributed by atoms with Crippen LogP contribution < -0.4 is 15.4 Å². The highest BCUT2D eigenvalue weighted by molar-refractivity contribution is 7.89. The molecule has 3 N–H and O–H groups in total. The third kappa shape index (κ3) is 6.30. The smallest absolute Gasteiger partial charge is 0.308 e. The molecule has 0 bridgehead atoms. The number of anilines is 2. The lowest BCUT2D eigenvalue weighted by Gasteiger charge is -2.10. The summed E-state index contributed by atoms with van der Waals surface area (Å²) in [6, 6.07) is 18.0. The number of hydrogen-bond donors (Lipinski definition) is 3. The average Bonchev–Trinajstić information content (AvgIpc) is 2.73. The predicted molar refractivity (Wildman–Crippen MR) is 111 cm³/mol. The maximum absolute atomic E-state index is 12.6. The average molecular weight is 449 g/mol. The van der Waals surface area contributed by atoms with Crippen LogP contribution in [-0.4, -0.2) is 14.4 Å². The summed E-state index contributed by atoms with van der Waals surface area (Å²) in [5.74, 6) is 0. The van der Waals surface area contributed by atoms with Crippen LogP contribution >= 0.6 is 0 Å². The predicted octanol–water partition coefficient (Wildman–Crippen LogP) is 4.83. The zero-order valence-corrected chi connectivity index (χ0v) is 16.8. The number of nitrogens with one attached hydrogen (secondary N) is 3. The second-order valence-corrected chi connectivity index (χ2v) is 8.26. The van der Waals surface area contributed by atoms with Crippen molar-refractivity contribution in [2.24, 2.45) is 0 Å². The minimum atomic E-state index is -4.45. The van der Waals surface area contributed by atoms with Crippen molar-refractivity contribution >= 4 is 27.4 Å². The minimum absolute atomic E-state index is 0.0478. The fourth-order valence-corrected chi connectivity index (χ4v) is 3.62. The molecule has 10 heteroatoms. The fraction of sp³-hybridized carbons (Fsp3) is 0.0952. The number of carbonyl (C=O) groups is 1. The highest BCUT2D eigenvalue weighted by Crippen LogP contribution is 2.29. The number of para-hydroxylation sites is 1. The Morgan fingerprint density at radius 3 is 1.87 bits per heavy atom. The van der Waals surface area contributed by atoms with E-state index in [2.05, 4.69) is 15.4 Å². The van der Waals surface area contributed by atoms with E-state index in [4.69, 9.17) is 0 Å². The lowest BCUT2D eigenvalue weighted by atomic mass is 10.1. The molecule has 31 heavy (non-hydrogen) atoms. The van der Waals surface area contributed by atoms with Gasteiger partial charge in [0.1, 0.15) is 0 Å². The van der Waals surface area contributed by atoms with Crippen LogP contribution in [-0.2, 0) is 22.7 Å². The summed E-state index contributed by atoms with van der Waals surface area (Å²) in [4.78, 5) is 11.9. The van der Waals surface area contributed by atoms with Crippen LogP contribution in [0.25, 0.3) is 0 Å². The molecular formula is C21H18F3N3O3S. The lowest BCUT2D eigenvalue weighted by Crippen LogP contribution is -2.23. The Hall–Kier alpha value is -3.37. The molecule has 0 aliphatic carbocycles. The summed E-state index contributed by atoms with van der Waals surface area (Å²) in [5, 5.41) is 5.22. The summed E-state index contributed by atoms with van der Waals surface area (Å²) >= 11 is 0. The molecule has 6 nitrogen and oxygen atoms in total. The van der Waals surface area contributed by atoms with Gasteiger partial charge in [-0.25, -0.2) is 17.9 Å². The van der Waals surface area contributed by atoms with E-state index >= 15 is 0 Å². The van der Waals surface area contributed by atoms with Gasteiger partial charge in [-0.15, -0.1) is 0 Å². The topological polar surface area (TPSA) is 87.3 Å². The summed E-state index contributed by atoms with van der Waals surface area (Å²) < 4.78 is 65.0. The Bertz CT molecular complexity index is 1130. The Morgan fingerprint density at radius 2 is 1.32 bits per heavy atom. The van der Waals surface area contributed by atoms with Gasteiger partial charge in [0.15, 0.2) is 0 Å². The zero-order chi connectivity index (χ0) is 22.5. The first-order valence-corrected chi connectivity index (χ1v) is 10.5. The molecular weight excluding hydrogens is 431 g/mol. The largest absolute Gasteiger partial charge is 0.416 e. The monoisotopic (exact) mass is 449 g/mol. The number of hydrogen-bond acceptors (Lipinski definition) is 3. The molecule has 0 spiro atoms. The van der Waals surface area contributed by atoms with Crippen molar-refractivity contribution < 1.29 is 26.4 Å². The number of carbonyl (C=O) groups excluding carboxylic acids is 1. The highest BCUT2D eigenvalue weighted by atomic mass is 32.2. The van der Waals surface area contributed by atoms with E-state index < -0.39 is 27.8 Å². The number of rotatable bonds is 6. The molecule has 0 aliphatic heterocycles. The molecule has 0 atom stereocenters. The lowest BCUT2D eigenvalue weighted by molar-refractivity contribution is -0.137. The quantitative estimate of drug-likeness (QED) is 0.504. The molecule has 0 aromatic heterocycles. The van der Waals surface area contributed by atoms with E-state index in [1.165, 1.54) is 36.4 Å². The summed E-state index contributed by atoms with van der Waals surface area (Å²) in [6.07, 6.45) is -4.45. The molecule has 0 heterocycles. The summed E-state index contributed by atoms with van der Waals surface area (Å²) in [6.45, 7) is -0.167. The van der Waals surface area contributed by atoms with Crippen LogP contribution in [0.5, 0.6) is 0 Å². The normalized spacial score (nSPS) is 11.7. The van der Waals surface area contributed by atoms with E-state index in [1.807, 2.05) is 6.07 Å². The maximum atomic E-state index is 12.6. The van der Waals surface area contributed by atoms with Crippen molar-refractivity contribution in [2.75, 3.05) is 10.6 Å². The van der Waals surface area contributed by atoms with Crippen LogP contribution in [0, 0.1) is 0 Å². The molecule has 2 amide bonds. The molecule has 0 aliphatic rings. The first-order chi connectivity index (χ1) is 14.6. The third-order valence-electron chi connectivity index (χ3n) is 4.20. The van der Waals surface area contributed by atoms with Gasteiger partial charge >= 0.3 is 12.2 Å². The summed E-state index contributed by atoms with van der Waals surface area (Å²) in [7, 11) is -3.89. The van der Waals surface area contributed by atoms with E-state index in [0.29, 0.717) is 16.9 Å². The third-order valence-corrected chi connectivity index (χ3v) is 5.62. The van der Waals surface area contributed by atoms with Crippen molar-refractivity contribution in [3.8, 4) is 0 Å². The molecule has 3 aromatic carbocycles. The van der Waals surface area contributed by atoms with Gasteiger partial charge in [-0.2, -0.15) is 13.2 Å². The van der Waals surface area contributed by atoms with Gasteiger partial charge in [-0.3, -0.25) is 0 Å². The molecule has 0 saturated carbocycles. The van der Waals surface area contributed by atoms with Gasteiger partial charge in [-0.1, -0.05) is 30.3 Å². The molecule has 0 saturated heterocycles. The van der Waals surface area contributed by atoms with E-state index in [-0.39, 0.29) is 11.4 Å². The van der Waals surface area contributed by atoms with Crippen LogP contribution in [0.2, 0.25) is 0 Å². The summed E-state index contributed by atoms with van der Waals surface area (Å²) in [5.41, 5.74) is 0.563. The number of sulfonamides is 1. The van der Waals surface area contributed by atoms with Gasteiger partial charge in [0.05, 0.1) is 10.5 Å². The van der Waals surface area contributed by atoms with Crippen molar-refractivity contribution in [2.45, 2.75) is 17.6 Å². The standard InChI is InChI=1S/C21H18F3N3O3S/c22-21(23,24)16-8-6-15(7-9-16)14-25-31(29,30)19-12-10-18(11-13-19)27-20(28)26-17-4-2-1-3-5-17/h1-13,25H,14H2,(H2,26,27,28). The van der Waals surface area contributed by atoms with Crippen molar-refractivity contribution in [1.82, 2.24) is 4.72 Å². The number of amides is 2. The van der Waals surface area contributed by atoms with Gasteiger partial charge < -0.3 is 10.6 Å². The zero-order valence-electron chi connectivity index (χ0n) is 16.0. The van der Waals surface area contributed by atoms with Crippen LogP contribution in [0.15, 0.2) is 83.8 Å². The second kappa shape index (κ2) is 9.19. The first-order valence-electron chi connectivity index (χ1n) is 9.02. The maximum Gasteiger partial charge on any atom is 0.416 e. The Kier molecular flexibility index (Phi) is 6.62. The van der Waals surface area contributed by atoms with E-state index in [1.54, 1.807) is 24.3 Å². The fourth-order valence-electron chi connectivity index (χ4n) is 2.61. The van der Waals surface area contributed by atoms with Gasteiger partial charge in [0.25, 0.3) is 0 Å². The number of alkyl halides is 3. The molecule has 3 rings (SSSR count). The molecule has 0 unspecified atom stereocenters. The SMILES string of the molecule is O=C(Nc1ccccc1)Nc1ccc(S(=O)(=O)NCc2ccc(C(F)(F)F)cc2)cc1. The van der Waals surface area contributed by atoms with E-state index in [0.717, 1.165) is 12.1 Å². The van der Waals surface area contributed by atoms with Crippen molar-refractivity contribution in [3.05, 3.63) is 90.0 Å². The number of benzene rings is 3. The highest BCUT2D eigenvalue weighted by Gasteiger charge is 2.29. The molecule has 3 aromatic rings. The number of halogens is 3. The number of urea groups is 1. The van der Waals surface area contributed by atoms with E-state index in [9.17, 15) is 26.4 Å². The van der Waals surface area contributed by atoms with Crippen LogP contribution in [0.1, 0.15) is 11.1 Å². The van der Waals surface area contributed by atoms with Gasteiger partial charge in [-0.05, 0) is 54.1 Å². The Balaban J connectivity index is 1.58. The minimum Gasteiger partial charge on any atom is -0.308 e. The van der Waals surface area contributed by atoms with Crippen molar-refractivity contribution in [1.29, 1.82) is 0 Å². The second-order valence-electron chi connectivity index (χ2n) is 6.49. The van der Waals surface area contributed by atoms with Crippen LogP contribution in [0.3, 0.4) is 0 Å². The molecule has 0 radical (unpaired) electrons. The van der Waals surface area contributed by atoms with Crippen molar-refractivity contribution in [3.63, 3.8) is 0 Å². The molecule has 0 fully saturated rings. The molecule has 162 valence electrons. The Labute approximate surface area is 177 Å². The van der Waals surface area contributed by atoms with Crippen LogP contribution in [0.4, 0.5) is 29.3 Å².